The first-order valence-corrected chi connectivity index (χ1v) is 7.34. The molecule has 2 heterocycles. The van der Waals surface area contributed by atoms with E-state index in [-0.39, 0.29) is 0 Å². The number of hydrogen-bond acceptors (Lipinski definition) is 4. The topological polar surface area (TPSA) is 36.9 Å². The molecule has 0 radical (unpaired) electrons. The van der Waals surface area contributed by atoms with Crippen LogP contribution in [-0.4, -0.2) is 45.2 Å². The maximum absolute atomic E-state index is 13.0. The number of ether oxygens (including phenoxy) is 1. The third-order valence-corrected chi connectivity index (χ3v) is 3.87. The Hall–Kier alpha value is -1.76. The smallest absolute Gasteiger partial charge is 0.378 e. The lowest BCUT2D eigenvalue weighted by Crippen LogP contribution is -2.37. The van der Waals surface area contributed by atoms with Crippen LogP contribution in [0.4, 0.5) is 18.9 Å². The molecule has 0 aliphatic carbocycles. The zero-order valence-electron chi connectivity index (χ0n) is 12.1. The highest BCUT2D eigenvalue weighted by Gasteiger charge is 2.32. The van der Waals surface area contributed by atoms with Crippen LogP contribution in [0.25, 0.3) is 0 Å². The molecular weight excluding hydrogens is 295 g/mol. The zero-order valence-corrected chi connectivity index (χ0v) is 12.1. The molecule has 2 aliphatic heterocycles. The van der Waals surface area contributed by atoms with Gasteiger partial charge in [-0.05, 0) is 17.7 Å². The van der Waals surface area contributed by atoms with Gasteiger partial charge in [0.15, 0.2) is 0 Å². The van der Waals surface area contributed by atoms with Crippen molar-refractivity contribution in [2.45, 2.75) is 12.6 Å². The molecule has 0 bridgehead atoms. The van der Waals surface area contributed by atoms with Crippen molar-refractivity contribution in [3.8, 4) is 0 Å². The van der Waals surface area contributed by atoms with Gasteiger partial charge >= 0.3 is 6.18 Å². The SMILES string of the molecule is FC(F)(F)c1ccc(CC2=NCCN2)c(N2CCOCC2)c1. The fraction of sp³-hybridized carbons (Fsp3) is 0.533. The van der Waals surface area contributed by atoms with Gasteiger partial charge in [-0.25, -0.2) is 0 Å². The van der Waals surface area contributed by atoms with E-state index in [4.69, 9.17) is 4.74 Å². The average molecular weight is 313 g/mol. The van der Waals surface area contributed by atoms with Crippen molar-refractivity contribution >= 4 is 11.5 Å². The Labute approximate surface area is 127 Å². The summed E-state index contributed by atoms with van der Waals surface area (Å²) < 4.78 is 44.3. The first-order chi connectivity index (χ1) is 10.5. The minimum Gasteiger partial charge on any atom is -0.378 e. The summed E-state index contributed by atoms with van der Waals surface area (Å²) in [6.45, 7) is 3.80. The second-order valence-electron chi connectivity index (χ2n) is 5.37. The monoisotopic (exact) mass is 313 g/mol. The summed E-state index contributed by atoms with van der Waals surface area (Å²) in [7, 11) is 0. The molecule has 4 nitrogen and oxygen atoms in total. The Morgan fingerprint density at radius 3 is 2.64 bits per heavy atom. The number of aliphatic imine (C=N–C) groups is 1. The lowest BCUT2D eigenvalue weighted by atomic mass is 10.0. The van der Waals surface area contributed by atoms with Gasteiger partial charge in [-0.3, -0.25) is 4.99 Å². The summed E-state index contributed by atoms with van der Waals surface area (Å²) in [6.07, 6.45) is -3.80. The molecule has 0 saturated carbocycles. The minimum atomic E-state index is -4.33. The van der Waals surface area contributed by atoms with Crippen LogP contribution in [0.5, 0.6) is 0 Å². The van der Waals surface area contributed by atoms with E-state index in [1.807, 2.05) is 4.90 Å². The van der Waals surface area contributed by atoms with E-state index in [0.717, 1.165) is 30.6 Å². The molecule has 3 rings (SSSR count). The van der Waals surface area contributed by atoms with Crippen molar-refractivity contribution in [3.05, 3.63) is 29.3 Å². The summed E-state index contributed by atoms with van der Waals surface area (Å²) >= 11 is 0. The van der Waals surface area contributed by atoms with Crippen molar-refractivity contribution in [2.24, 2.45) is 4.99 Å². The maximum Gasteiger partial charge on any atom is 0.416 e. The highest BCUT2D eigenvalue weighted by atomic mass is 19.4. The van der Waals surface area contributed by atoms with Gasteiger partial charge in [0.2, 0.25) is 0 Å². The zero-order chi connectivity index (χ0) is 15.6. The van der Waals surface area contributed by atoms with E-state index in [9.17, 15) is 13.2 Å². The number of benzene rings is 1. The van der Waals surface area contributed by atoms with E-state index in [1.54, 1.807) is 6.07 Å². The third kappa shape index (κ3) is 3.35. The minimum absolute atomic E-state index is 0.533. The van der Waals surface area contributed by atoms with Crippen molar-refractivity contribution in [1.82, 2.24) is 5.32 Å². The number of amidine groups is 1. The van der Waals surface area contributed by atoms with E-state index in [1.165, 1.54) is 6.07 Å². The molecule has 0 atom stereocenters. The van der Waals surface area contributed by atoms with Crippen molar-refractivity contribution < 1.29 is 17.9 Å². The van der Waals surface area contributed by atoms with Crippen LogP contribution in [0, 0.1) is 0 Å². The Morgan fingerprint density at radius 2 is 2.00 bits per heavy atom. The standard InChI is InChI=1S/C15H18F3N3O/c16-15(17,18)12-2-1-11(9-14-19-3-4-20-14)13(10-12)21-5-7-22-8-6-21/h1-2,10H,3-9H2,(H,19,20). The quantitative estimate of drug-likeness (QED) is 0.928. The first-order valence-electron chi connectivity index (χ1n) is 7.34. The summed E-state index contributed by atoms with van der Waals surface area (Å²) in [5.74, 6) is 0.842. The van der Waals surface area contributed by atoms with Crippen LogP contribution in [0.3, 0.4) is 0 Å². The number of halogens is 3. The molecule has 0 amide bonds. The van der Waals surface area contributed by atoms with E-state index >= 15 is 0 Å². The number of hydrogen-bond donors (Lipinski definition) is 1. The summed E-state index contributed by atoms with van der Waals surface area (Å²) in [6, 6.07) is 3.96. The number of nitrogens with zero attached hydrogens (tertiary/aromatic N) is 2. The summed E-state index contributed by atoms with van der Waals surface area (Å²) in [5, 5.41) is 3.16. The molecule has 0 unspecified atom stereocenters. The van der Waals surface area contributed by atoms with Gasteiger partial charge in [0.25, 0.3) is 0 Å². The molecule has 22 heavy (non-hydrogen) atoms. The van der Waals surface area contributed by atoms with Crippen molar-refractivity contribution in [3.63, 3.8) is 0 Å². The van der Waals surface area contributed by atoms with Crippen LogP contribution in [0.15, 0.2) is 23.2 Å². The van der Waals surface area contributed by atoms with E-state index in [2.05, 4.69) is 10.3 Å². The summed E-state index contributed by atoms with van der Waals surface area (Å²) in [5.41, 5.74) is 0.886. The van der Waals surface area contributed by atoms with Gasteiger partial charge in [0.1, 0.15) is 5.84 Å². The van der Waals surface area contributed by atoms with Gasteiger partial charge in [-0.15, -0.1) is 0 Å². The third-order valence-electron chi connectivity index (χ3n) is 3.87. The largest absolute Gasteiger partial charge is 0.416 e. The van der Waals surface area contributed by atoms with Crippen LogP contribution in [-0.2, 0) is 17.3 Å². The Balaban J connectivity index is 1.92. The fourth-order valence-corrected chi connectivity index (χ4v) is 2.73. The Bertz CT molecular complexity index is 566. The molecule has 1 aromatic rings. The van der Waals surface area contributed by atoms with Crippen LogP contribution in [0.2, 0.25) is 0 Å². The maximum atomic E-state index is 13.0. The van der Waals surface area contributed by atoms with E-state index < -0.39 is 11.7 Å². The molecular formula is C15H18F3N3O. The van der Waals surface area contributed by atoms with Crippen LogP contribution >= 0.6 is 0 Å². The second-order valence-corrected chi connectivity index (χ2v) is 5.37. The Morgan fingerprint density at radius 1 is 1.23 bits per heavy atom. The molecule has 0 aromatic heterocycles. The van der Waals surface area contributed by atoms with Gasteiger partial charge in [0.05, 0.1) is 25.3 Å². The number of anilines is 1. The van der Waals surface area contributed by atoms with Crippen molar-refractivity contribution in [2.75, 3.05) is 44.3 Å². The fourth-order valence-electron chi connectivity index (χ4n) is 2.73. The molecule has 0 spiro atoms. The molecule has 2 aliphatic rings. The van der Waals surface area contributed by atoms with Gasteiger partial charge in [0, 0.05) is 31.7 Å². The average Bonchev–Trinajstić information content (AvgIpc) is 3.00. The molecule has 120 valence electrons. The lowest BCUT2D eigenvalue weighted by Gasteiger charge is -2.31. The van der Waals surface area contributed by atoms with Gasteiger partial charge < -0.3 is 15.0 Å². The lowest BCUT2D eigenvalue weighted by molar-refractivity contribution is -0.137. The van der Waals surface area contributed by atoms with Crippen LogP contribution < -0.4 is 10.2 Å². The van der Waals surface area contributed by atoms with Gasteiger partial charge in [-0.2, -0.15) is 13.2 Å². The second kappa shape index (κ2) is 6.16. The molecule has 7 heteroatoms. The highest BCUT2D eigenvalue weighted by molar-refractivity contribution is 5.87. The number of alkyl halides is 3. The first kappa shape index (κ1) is 15.1. The number of rotatable bonds is 3. The predicted octanol–water partition coefficient (Wildman–Crippen LogP) is 2.09. The van der Waals surface area contributed by atoms with Gasteiger partial charge in [-0.1, -0.05) is 6.07 Å². The molecule has 1 saturated heterocycles. The molecule has 1 aromatic carbocycles. The Kier molecular flexibility index (Phi) is 4.24. The summed E-state index contributed by atoms with van der Waals surface area (Å²) in [4.78, 5) is 6.29. The number of morpholine rings is 1. The van der Waals surface area contributed by atoms with E-state index in [0.29, 0.717) is 38.4 Å². The van der Waals surface area contributed by atoms with Crippen LogP contribution in [0.1, 0.15) is 11.1 Å². The number of nitrogens with one attached hydrogen (secondary N) is 1. The van der Waals surface area contributed by atoms with Crippen molar-refractivity contribution in [1.29, 1.82) is 0 Å². The highest BCUT2D eigenvalue weighted by Crippen LogP contribution is 2.34. The molecule has 1 fully saturated rings. The molecule has 1 N–H and O–H groups in total. The normalized spacial score (nSPS) is 19.0. The predicted molar refractivity (Wildman–Crippen MR) is 78.5 cm³/mol.